The summed E-state index contributed by atoms with van der Waals surface area (Å²) in [7, 11) is 0. The molecule has 2 fully saturated rings. The minimum atomic E-state index is 0.333. The highest BCUT2D eigenvalue weighted by atomic mass is 16.5. The monoisotopic (exact) mass is 494 g/mol. The van der Waals surface area contributed by atoms with Crippen molar-refractivity contribution in [3.63, 3.8) is 0 Å². The molecule has 2 atom stereocenters. The lowest BCUT2D eigenvalue weighted by Gasteiger charge is -2.23. The number of fused-ring (bicyclic) bond motifs is 1. The average Bonchev–Trinajstić information content (AvgIpc) is 3.37. The van der Waals surface area contributed by atoms with Crippen LogP contribution >= 0.6 is 0 Å². The van der Waals surface area contributed by atoms with E-state index in [2.05, 4.69) is 69.7 Å². The van der Waals surface area contributed by atoms with E-state index in [1.165, 1.54) is 17.5 Å². The van der Waals surface area contributed by atoms with Crippen molar-refractivity contribution in [1.29, 1.82) is 0 Å². The molecule has 4 aromatic rings. The van der Waals surface area contributed by atoms with Gasteiger partial charge in [0.1, 0.15) is 5.75 Å². The molecule has 2 aliphatic heterocycles. The quantitative estimate of drug-likeness (QED) is 0.351. The molecule has 0 bridgehead atoms. The number of aryl methyl sites for hydroxylation is 1. The van der Waals surface area contributed by atoms with Crippen LogP contribution in [0.2, 0.25) is 0 Å². The maximum absolute atomic E-state index is 6.62. The van der Waals surface area contributed by atoms with Crippen molar-refractivity contribution in [3.05, 3.63) is 66.5 Å². The molecule has 7 nitrogen and oxygen atoms in total. The average molecular weight is 495 g/mol. The molecule has 2 saturated heterocycles. The molecule has 190 valence electrons. The lowest BCUT2D eigenvalue weighted by Crippen LogP contribution is -2.38. The van der Waals surface area contributed by atoms with Gasteiger partial charge >= 0.3 is 0 Å². The molecule has 0 amide bonds. The third-order valence-electron chi connectivity index (χ3n) is 7.48. The molecule has 37 heavy (non-hydrogen) atoms. The molecular formula is C30H34N6O. The van der Waals surface area contributed by atoms with Crippen LogP contribution in [0.3, 0.4) is 0 Å². The van der Waals surface area contributed by atoms with Gasteiger partial charge in [-0.3, -0.25) is 0 Å². The van der Waals surface area contributed by atoms with Crippen LogP contribution in [0.15, 0.2) is 60.9 Å². The van der Waals surface area contributed by atoms with Gasteiger partial charge in [-0.05, 0) is 68.5 Å². The molecule has 0 saturated carbocycles. The predicted molar refractivity (Wildman–Crippen MR) is 150 cm³/mol. The number of benzene rings is 2. The summed E-state index contributed by atoms with van der Waals surface area (Å²) >= 11 is 0. The number of nitrogens with one attached hydrogen (secondary N) is 2. The van der Waals surface area contributed by atoms with Crippen LogP contribution in [0.4, 0.5) is 11.6 Å². The molecule has 2 aromatic heterocycles. The number of nitrogens with zero attached hydrogens (tertiary/aromatic N) is 4. The Morgan fingerprint density at radius 1 is 1.00 bits per heavy atom. The van der Waals surface area contributed by atoms with Crippen molar-refractivity contribution in [2.24, 2.45) is 5.92 Å². The number of hydrogen-bond acceptors (Lipinski definition) is 7. The second-order valence-corrected chi connectivity index (χ2v) is 10.3. The van der Waals surface area contributed by atoms with E-state index in [0.29, 0.717) is 23.8 Å². The zero-order chi connectivity index (χ0) is 25.2. The zero-order valence-corrected chi connectivity index (χ0v) is 21.6. The van der Waals surface area contributed by atoms with Gasteiger partial charge in [0.15, 0.2) is 0 Å². The summed E-state index contributed by atoms with van der Waals surface area (Å²) in [6.45, 7) is 8.60. The van der Waals surface area contributed by atoms with Crippen molar-refractivity contribution < 1.29 is 4.74 Å². The number of hydrogen-bond donors (Lipinski definition) is 2. The third kappa shape index (κ3) is 4.96. The summed E-state index contributed by atoms with van der Waals surface area (Å²) < 4.78 is 6.62. The van der Waals surface area contributed by atoms with Gasteiger partial charge in [-0.1, -0.05) is 31.2 Å². The number of rotatable bonds is 6. The first-order chi connectivity index (χ1) is 18.2. The van der Waals surface area contributed by atoms with Crippen molar-refractivity contribution in [3.8, 4) is 22.9 Å². The molecule has 4 heterocycles. The SMILES string of the molecule is Cc1ccc2c(N3CCC(C)C3)cccc2c1Oc1ncccc1-c1ccnc(N[C@H]2CCCNC2)n1. The Bertz CT molecular complexity index is 1400. The smallest absolute Gasteiger partial charge is 0.228 e. The van der Waals surface area contributed by atoms with Gasteiger partial charge in [0.05, 0.1) is 11.3 Å². The summed E-state index contributed by atoms with van der Waals surface area (Å²) in [4.78, 5) is 16.4. The minimum absolute atomic E-state index is 0.333. The number of ether oxygens (including phenoxy) is 1. The van der Waals surface area contributed by atoms with E-state index in [4.69, 9.17) is 9.72 Å². The van der Waals surface area contributed by atoms with Crippen molar-refractivity contribution in [2.45, 2.75) is 39.2 Å². The number of aromatic nitrogens is 3. The fourth-order valence-electron chi connectivity index (χ4n) is 5.49. The summed E-state index contributed by atoms with van der Waals surface area (Å²) in [5.74, 6) is 2.73. The van der Waals surface area contributed by atoms with Crippen LogP contribution in [0, 0.1) is 12.8 Å². The lowest BCUT2D eigenvalue weighted by molar-refractivity contribution is 0.466. The summed E-state index contributed by atoms with van der Waals surface area (Å²) in [6, 6.07) is 17.0. The van der Waals surface area contributed by atoms with Crippen LogP contribution in [-0.4, -0.2) is 47.2 Å². The topological polar surface area (TPSA) is 75.2 Å². The molecule has 7 heteroatoms. The Morgan fingerprint density at radius 2 is 1.95 bits per heavy atom. The van der Waals surface area contributed by atoms with Crippen LogP contribution in [0.5, 0.6) is 11.6 Å². The molecule has 2 N–H and O–H groups in total. The second-order valence-electron chi connectivity index (χ2n) is 10.3. The lowest BCUT2D eigenvalue weighted by atomic mass is 10.0. The minimum Gasteiger partial charge on any atom is -0.437 e. The normalized spacial score (nSPS) is 19.8. The van der Waals surface area contributed by atoms with E-state index in [0.717, 1.165) is 67.0 Å². The van der Waals surface area contributed by atoms with Crippen molar-refractivity contribution in [1.82, 2.24) is 20.3 Å². The maximum atomic E-state index is 6.62. The first-order valence-corrected chi connectivity index (χ1v) is 13.4. The maximum Gasteiger partial charge on any atom is 0.228 e. The Morgan fingerprint density at radius 3 is 2.78 bits per heavy atom. The van der Waals surface area contributed by atoms with E-state index < -0.39 is 0 Å². The van der Waals surface area contributed by atoms with Crippen LogP contribution in [-0.2, 0) is 0 Å². The van der Waals surface area contributed by atoms with Gasteiger partial charge in [-0.2, -0.15) is 0 Å². The van der Waals surface area contributed by atoms with E-state index >= 15 is 0 Å². The molecule has 0 radical (unpaired) electrons. The van der Waals surface area contributed by atoms with E-state index in [1.54, 1.807) is 12.4 Å². The third-order valence-corrected chi connectivity index (χ3v) is 7.48. The zero-order valence-electron chi connectivity index (χ0n) is 21.6. The molecule has 0 spiro atoms. The predicted octanol–water partition coefficient (Wildman–Crippen LogP) is 5.80. The van der Waals surface area contributed by atoms with Crippen LogP contribution in [0.25, 0.3) is 22.0 Å². The molecule has 6 rings (SSSR count). The largest absolute Gasteiger partial charge is 0.437 e. The van der Waals surface area contributed by atoms with Crippen molar-refractivity contribution in [2.75, 3.05) is 36.4 Å². The van der Waals surface area contributed by atoms with Gasteiger partial charge in [0.2, 0.25) is 11.8 Å². The van der Waals surface area contributed by atoms with Gasteiger partial charge < -0.3 is 20.3 Å². The molecular weight excluding hydrogens is 460 g/mol. The van der Waals surface area contributed by atoms with Crippen molar-refractivity contribution >= 4 is 22.4 Å². The molecule has 2 aromatic carbocycles. The van der Waals surface area contributed by atoms with E-state index in [1.807, 2.05) is 18.2 Å². The van der Waals surface area contributed by atoms with Gasteiger partial charge in [-0.25, -0.2) is 15.0 Å². The van der Waals surface area contributed by atoms with Gasteiger partial charge in [-0.15, -0.1) is 0 Å². The number of piperidine rings is 1. The fraction of sp³-hybridized carbons (Fsp3) is 0.367. The first kappa shape index (κ1) is 23.7. The second kappa shape index (κ2) is 10.3. The standard InChI is InChI=1S/C30H34N6O/c1-20-13-17-36(19-20)27-9-3-7-24-23(27)11-10-21(2)28(24)37-29-25(8-5-15-32-29)26-12-16-33-30(35-26)34-22-6-4-14-31-18-22/h3,5,7-12,15-16,20,22,31H,4,6,13-14,17-19H2,1-2H3,(H,33,34,35)/t20?,22-/m0/s1. The van der Waals surface area contributed by atoms with Crippen LogP contribution in [0.1, 0.15) is 31.7 Å². The molecule has 1 unspecified atom stereocenters. The molecule has 2 aliphatic rings. The Balaban J connectivity index is 1.34. The summed E-state index contributed by atoms with van der Waals surface area (Å²) in [5, 5.41) is 9.22. The Kier molecular flexibility index (Phi) is 6.62. The van der Waals surface area contributed by atoms with E-state index in [-0.39, 0.29) is 0 Å². The Hall–Kier alpha value is -3.71. The Labute approximate surface area is 218 Å². The highest BCUT2D eigenvalue weighted by Gasteiger charge is 2.22. The van der Waals surface area contributed by atoms with Gasteiger partial charge in [0, 0.05) is 54.5 Å². The van der Waals surface area contributed by atoms with Crippen LogP contribution < -0.4 is 20.3 Å². The fourth-order valence-corrected chi connectivity index (χ4v) is 5.49. The number of anilines is 2. The summed E-state index contributed by atoms with van der Waals surface area (Å²) in [5.41, 5.74) is 3.98. The highest BCUT2D eigenvalue weighted by molar-refractivity contribution is 5.99. The summed E-state index contributed by atoms with van der Waals surface area (Å²) in [6.07, 6.45) is 7.06. The van der Waals surface area contributed by atoms with Gasteiger partial charge in [0.25, 0.3) is 0 Å². The highest BCUT2D eigenvalue weighted by Crippen LogP contribution is 2.40. The molecule has 0 aliphatic carbocycles. The number of pyridine rings is 1. The first-order valence-electron chi connectivity index (χ1n) is 13.4. The van der Waals surface area contributed by atoms with E-state index in [9.17, 15) is 0 Å².